The van der Waals surface area contributed by atoms with Crippen LogP contribution in [-0.2, 0) is 28.0 Å². The molecular weight excluding hydrogens is 535 g/mol. The van der Waals surface area contributed by atoms with E-state index in [-0.39, 0.29) is 5.69 Å². The highest BCUT2D eigenvalue weighted by Gasteiger charge is 2.31. The average Bonchev–Trinajstić information content (AvgIpc) is 3.24. The molecule has 1 saturated heterocycles. The van der Waals surface area contributed by atoms with Gasteiger partial charge < -0.3 is 10.1 Å². The molecule has 0 unspecified atom stereocenters. The number of sulfonamides is 1. The van der Waals surface area contributed by atoms with E-state index >= 15 is 0 Å². The van der Waals surface area contributed by atoms with Crippen molar-refractivity contribution in [3.05, 3.63) is 60.3 Å². The maximum Gasteiger partial charge on any atom is 0.416 e. The van der Waals surface area contributed by atoms with E-state index in [0.29, 0.717) is 40.9 Å². The smallest absolute Gasteiger partial charge is 0.379 e. The van der Waals surface area contributed by atoms with E-state index in [1.807, 2.05) is 0 Å². The molecule has 5 rings (SSSR count). The number of aromatic nitrogens is 4. The minimum atomic E-state index is -4.66. The van der Waals surface area contributed by atoms with Crippen molar-refractivity contribution in [2.24, 2.45) is 7.05 Å². The summed E-state index contributed by atoms with van der Waals surface area (Å²) in [6, 6.07) is 10.0. The van der Waals surface area contributed by atoms with Gasteiger partial charge in [0, 0.05) is 50.7 Å². The predicted molar refractivity (Wildman–Crippen MR) is 140 cm³/mol. The molecule has 0 radical (unpaired) electrons. The van der Waals surface area contributed by atoms with Crippen LogP contribution in [-0.4, -0.2) is 72.5 Å². The summed E-state index contributed by atoms with van der Waals surface area (Å²) in [4.78, 5) is 10.8. The number of alkyl halides is 3. The molecule has 0 aliphatic carbocycles. The Hall–Kier alpha value is -3.75. The van der Waals surface area contributed by atoms with Crippen LogP contribution in [0.2, 0.25) is 0 Å². The predicted octanol–water partition coefficient (Wildman–Crippen LogP) is 3.59. The van der Waals surface area contributed by atoms with Gasteiger partial charge in [-0.25, -0.2) is 18.1 Å². The van der Waals surface area contributed by atoms with Gasteiger partial charge in [0.05, 0.1) is 29.1 Å². The fourth-order valence-electron chi connectivity index (χ4n) is 4.27. The molecule has 0 spiro atoms. The summed E-state index contributed by atoms with van der Waals surface area (Å²) in [7, 11) is -2.53. The van der Waals surface area contributed by atoms with Crippen LogP contribution in [0.15, 0.2) is 59.6 Å². The van der Waals surface area contributed by atoms with Gasteiger partial charge in [0.15, 0.2) is 5.65 Å². The van der Waals surface area contributed by atoms with Crippen LogP contribution in [0.4, 0.5) is 24.8 Å². The summed E-state index contributed by atoms with van der Waals surface area (Å²) < 4.78 is 74.2. The fraction of sp³-hybridized carbons (Fsp3) is 0.320. The lowest BCUT2D eigenvalue weighted by Crippen LogP contribution is -2.39. The van der Waals surface area contributed by atoms with E-state index < -0.39 is 26.7 Å². The second-order valence-electron chi connectivity index (χ2n) is 9.00. The van der Waals surface area contributed by atoms with Gasteiger partial charge in [0.1, 0.15) is 5.69 Å². The SMILES string of the molecule is Cn1nc(-c2cccc(NS(=O)(=O)c3cccc(C(F)(F)F)c3)c2)c2cnc(NCCN3CCOCC3)nc21. The van der Waals surface area contributed by atoms with Gasteiger partial charge in [-0.3, -0.25) is 9.62 Å². The molecule has 14 heteroatoms. The Balaban J connectivity index is 1.34. The standard InChI is InChI=1S/C25H26F3N7O3S/c1-34-23-21(16-30-24(31-23)29-8-9-35-10-12-38-13-11-35)22(32-34)17-4-2-6-19(14-17)33-39(36,37)20-7-3-5-18(15-20)25(26,27)28/h2-7,14-16,33H,8-13H2,1H3,(H,29,30,31). The highest BCUT2D eigenvalue weighted by molar-refractivity contribution is 7.92. The normalized spacial score (nSPS) is 15.0. The summed E-state index contributed by atoms with van der Waals surface area (Å²) >= 11 is 0. The Morgan fingerprint density at radius 3 is 2.62 bits per heavy atom. The lowest BCUT2D eigenvalue weighted by atomic mass is 10.1. The van der Waals surface area contributed by atoms with Crippen LogP contribution in [0.1, 0.15) is 5.56 Å². The molecule has 0 amide bonds. The second kappa shape index (κ2) is 10.8. The van der Waals surface area contributed by atoms with Crippen LogP contribution in [0.3, 0.4) is 0 Å². The number of benzene rings is 2. The molecular formula is C25H26F3N7O3S. The number of aryl methyl sites for hydroxylation is 1. The lowest BCUT2D eigenvalue weighted by molar-refractivity contribution is -0.137. The maximum atomic E-state index is 13.1. The number of nitrogens with one attached hydrogen (secondary N) is 2. The molecule has 4 aromatic rings. The second-order valence-corrected chi connectivity index (χ2v) is 10.7. The fourth-order valence-corrected chi connectivity index (χ4v) is 5.37. The topological polar surface area (TPSA) is 114 Å². The number of nitrogens with zero attached hydrogens (tertiary/aromatic N) is 5. The lowest BCUT2D eigenvalue weighted by Gasteiger charge is -2.26. The summed E-state index contributed by atoms with van der Waals surface area (Å²) in [5, 5.41) is 8.44. The van der Waals surface area contributed by atoms with Crippen molar-refractivity contribution in [3.63, 3.8) is 0 Å². The highest BCUT2D eigenvalue weighted by Crippen LogP contribution is 2.32. The largest absolute Gasteiger partial charge is 0.416 e. The Labute approximate surface area is 222 Å². The third-order valence-corrected chi connectivity index (χ3v) is 7.63. The molecule has 3 heterocycles. The third-order valence-electron chi connectivity index (χ3n) is 6.26. The molecule has 10 nitrogen and oxygen atoms in total. The van der Waals surface area contributed by atoms with Crippen LogP contribution in [0.5, 0.6) is 0 Å². The zero-order chi connectivity index (χ0) is 27.6. The van der Waals surface area contributed by atoms with E-state index in [1.54, 1.807) is 36.1 Å². The van der Waals surface area contributed by atoms with Crippen molar-refractivity contribution in [3.8, 4) is 11.3 Å². The molecule has 2 N–H and O–H groups in total. The average molecular weight is 562 g/mol. The molecule has 39 heavy (non-hydrogen) atoms. The van der Waals surface area contributed by atoms with Gasteiger partial charge in [0.2, 0.25) is 5.95 Å². The van der Waals surface area contributed by atoms with Crippen molar-refractivity contribution >= 4 is 32.7 Å². The first-order chi connectivity index (χ1) is 18.6. The van der Waals surface area contributed by atoms with Gasteiger partial charge in [-0.2, -0.15) is 23.3 Å². The molecule has 1 fully saturated rings. The van der Waals surface area contributed by atoms with Gasteiger partial charge >= 0.3 is 6.18 Å². The van der Waals surface area contributed by atoms with Crippen LogP contribution in [0, 0.1) is 0 Å². The Morgan fingerprint density at radius 1 is 1.08 bits per heavy atom. The highest BCUT2D eigenvalue weighted by atomic mass is 32.2. The zero-order valence-electron chi connectivity index (χ0n) is 20.9. The molecule has 2 aromatic carbocycles. The van der Waals surface area contributed by atoms with Crippen molar-refractivity contribution in [2.45, 2.75) is 11.1 Å². The molecule has 1 aliphatic heterocycles. The summed E-state index contributed by atoms with van der Waals surface area (Å²) in [6.07, 6.45) is -3.01. The van der Waals surface area contributed by atoms with E-state index in [4.69, 9.17) is 4.74 Å². The number of anilines is 2. The first-order valence-electron chi connectivity index (χ1n) is 12.1. The Kier molecular flexibility index (Phi) is 7.42. The number of halogens is 3. The maximum absolute atomic E-state index is 13.1. The molecule has 1 aliphatic rings. The van der Waals surface area contributed by atoms with Gasteiger partial charge in [0.25, 0.3) is 10.0 Å². The van der Waals surface area contributed by atoms with Crippen LogP contribution in [0.25, 0.3) is 22.3 Å². The van der Waals surface area contributed by atoms with Crippen molar-refractivity contribution in [1.29, 1.82) is 0 Å². The first kappa shape index (κ1) is 26.8. The number of ether oxygens (including phenoxy) is 1. The van der Waals surface area contributed by atoms with Gasteiger partial charge in [-0.05, 0) is 30.3 Å². The summed E-state index contributed by atoms with van der Waals surface area (Å²) in [6.45, 7) is 4.75. The monoisotopic (exact) mass is 561 g/mol. The van der Waals surface area contributed by atoms with E-state index in [2.05, 4.69) is 30.0 Å². The number of morpholine rings is 1. The molecule has 206 valence electrons. The van der Waals surface area contributed by atoms with Crippen molar-refractivity contribution < 1.29 is 26.3 Å². The minimum absolute atomic E-state index is 0.172. The number of fused-ring (bicyclic) bond motifs is 1. The van der Waals surface area contributed by atoms with E-state index in [1.165, 1.54) is 6.07 Å². The van der Waals surface area contributed by atoms with Crippen molar-refractivity contribution in [2.75, 3.05) is 49.4 Å². The number of rotatable bonds is 8. The Morgan fingerprint density at radius 2 is 1.85 bits per heavy atom. The van der Waals surface area contributed by atoms with E-state index in [9.17, 15) is 21.6 Å². The zero-order valence-corrected chi connectivity index (χ0v) is 21.8. The number of hydrogen-bond donors (Lipinski definition) is 2. The Bertz CT molecular complexity index is 1590. The van der Waals surface area contributed by atoms with E-state index in [0.717, 1.165) is 51.0 Å². The molecule has 0 saturated carbocycles. The quantitative estimate of drug-likeness (QED) is 0.336. The van der Waals surface area contributed by atoms with Crippen molar-refractivity contribution in [1.82, 2.24) is 24.6 Å². The van der Waals surface area contributed by atoms with Gasteiger partial charge in [-0.1, -0.05) is 18.2 Å². The molecule has 2 aromatic heterocycles. The van der Waals surface area contributed by atoms with Crippen LogP contribution >= 0.6 is 0 Å². The molecule has 0 bridgehead atoms. The third kappa shape index (κ3) is 6.13. The number of hydrogen-bond acceptors (Lipinski definition) is 8. The summed E-state index contributed by atoms with van der Waals surface area (Å²) in [5.74, 6) is 0.466. The van der Waals surface area contributed by atoms with Gasteiger partial charge in [-0.15, -0.1) is 0 Å². The van der Waals surface area contributed by atoms with Crippen LogP contribution < -0.4 is 10.0 Å². The minimum Gasteiger partial charge on any atom is -0.379 e. The molecule has 0 atom stereocenters. The summed E-state index contributed by atoms with van der Waals surface area (Å²) in [5.41, 5.74) is 0.831. The first-order valence-corrected chi connectivity index (χ1v) is 13.6.